The van der Waals surface area contributed by atoms with E-state index in [0.29, 0.717) is 24.4 Å². The van der Waals surface area contributed by atoms with Gasteiger partial charge in [-0.15, -0.1) is 0 Å². The topological polar surface area (TPSA) is 80.8 Å². The lowest BCUT2D eigenvalue weighted by atomic mass is 10.1. The van der Waals surface area contributed by atoms with E-state index in [1.54, 1.807) is 31.2 Å². The summed E-state index contributed by atoms with van der Waals surface area (Å²) in [4.78, 5) is 0. The Labute approximate surface area is 135 Å². The van der Waals surface area contributed by atoms with Gasteiger partial charge in [0.15, 0.2) is 5.69 Å². The molecule has 0 spiro atoms. The standard InChI is InChI=1S/C18H18N2O3/c1-14(18(13-19)16-5-3-2-4-6-16)23-12-11-15-7-9-17(10-8-15)20(21)22/h2-10,20-21H,11-12H2,1H3. The normalized spacial score (nSPS) is 13.0. The molecule has 0 amide bonds. The summed E-state index contributed by atoms with van der Waals surface area (Å²) in [6.07, 6.45) is 0.644. The summed E-state index contributed by atoms with van der Waals surface area (Å²) >= 11 is 0. The third-order valence-corrected chi connectivity index (χ3v) is 3.44. The molecule has 2 rings (SSSR count). The van der Waals surface area contributed by atoms with Gasteiger partial charge in [0.25, 0.3) is 0 Å². The number of nitrogens with zero attached hydrogens (tertiary/aromatic N) is 1. The lowest BCUT2D eigenvalue weighted by molar-refractivity contribution is -0.991. The maximum atomic E-state index is 10.8. The van der Waals surface area contributed by atoms with E-state index in [1.807, 2.05) is 30.3 Å². The minimum absolute atomic E-state index is 0.265. The highest BCUT2D eigenvalue weighted by molar-refractivity contribution is 5.77. The molecule has 1 unspecified atom stereocenters. The molecule has 0 aromatic heterocycles. The minimum atomic E-state index is -0.937. The molecule has 0 heterocycles. The molecule has 0 fully saturated rings. The fraction of sp³-hybridized carbons (Fsp3) is 0.167. The fourth-order valence-corrected chi connectivity index (χ4v) is 2.16. The SMILES string of the molecule is CC(OCCc1ccc([NH+]([O-])O)cc1)=C(C#N)c1ccccc1. The van der Waals surface area contributed by atoms with Crippen LogP contribution in [0.5, 0.6) is 0 Å². The number of rotatable bonds is 6. The van der Waals surface area contributed by atoms with Crippen LogP contribution in [-0.4, -0.2) is 11.8 Å². The van der Waals surface area contributed by atoms with Gasteiger partial charge in [0.05, 0.1) is 12.2 Å². The Kier molecular flexibility index (Phi) is 5.89. The summed E-state index contributed by atoms with van der Waals surface area (Å²) in [5, 5.41) is 28.0. The van der Waals surface area contributed by atoms with E-state index in [1.165, 1.54) is 0 Å². The van der Waals surface area contributed by atoms with E-state index in [4.69, 9.17) is 9.94 Å². The van der Waals surface area contributed by atoms with Crippen molar-refractivity contribution in [3.05, 3.63) is 76.7 Å². The highest BCUT2D eigenvalue weighted by Crippen LogP contribution is 2.18. The van der Waals surface area contributed by atoms with Crippen LogP contribution in [-0.2, 0) is 11.2 Å². The quantitative estimate of drug-likeness (QED) is 0.488. The molecular weight excluding hydrogens is 292 g/mol. The lowest BCUT2D eigenvalue weighted by Gasteiger charge is -2.12. The molecule has 5 heteroatoms. The van der Waals surface area contributed by atoms with Gasteiger partial charge in [-0.1, -0.05) is 42.5 Å². The van der Waals surface area contributed by atoms with Crippen LogP contribution >= 0.6 is 0 Å². The first-order valence-corrected chi connectivity index (χ1v) is 7.23. The zero-order valence-corrected chi connectivity index (χ0v) is 12.8. The molecule has 0 aliphatic heterocycles. The second kappa shape index (κ2) is 8.11. The molecule has 1 atom stereocenters. The number of hydrogen-bond acceptors (Lipinski definition) is 4. The van der Waals surface area contributed by atoms with Crippen molar-refractivity contribution in [1.29, 1.82) is 5.26 Å². The molecular formula is C18H18N2O3. The predicted octanol–water partition coefficient (Wildman–Crippen LogP) is 2.60. The minimum Gasteiger partial charge on any atom is -0.595 e. The van der Waals surface area contributed by atoms with Gasteiger partial charge in [0.1, 0.15) is 11.8 Å². The first-order chi connectivity index (χ1) is 11.1. The summed E-state index contributed by atoms with van der Waals surface area (Å²) < 4.78 is 5.67. The maximum Gasteiger partial charge on any atom is 0.163 e. The average Bonchev–Trinajstić information content (AvgIpc) is 2.57. The van der Waals surface area contributed by atoms with Crippen LogP contribution in [0.1, 0.15) is 18.1 Å². The Bertz CT molecular complexity index is 701. The average molecular weight is 310 g/mol. The van der Waals surface area contributed by atoms with Crippen molar-refractivity contribution >= 4 is 11.3 Å². The first-order valence-electron chi connectivity index (χ1n) is 7.23. The van der Waals surface area contributed by atoms with E-state index >= 15 is 0 Å². The number of allylic oxidation sites excluding steroid dienone is 2. The fourth-order valence-electron chi connectivity index (χ4n) is 2.16. The molecule has 2 aromatic rings. The molecule has 5 nitrogen and oxygen atoms in total. The zero-order valence-electron chi connectivity index (χ0n) is 12.8. The molecule has 0 saturated heterocycles. The summed E-state index contributed by atoms with van der Waals surface area (Å²) in [5.74, 6) is 0.584. The van der Waals surface area contributed by atoms with Gasteiger partial charge in [-0.3, -0.25) is 0 Å². The van der Waals surface area contributed by atoms with E-state index < -0.39 is 5.23 Å². The highest BCUT2D eigenvalue weighted by Gasteiger charge is 2.06. The lowest BCUT2D eigenvalue weighted by Crippen LogP contribution is -2.99. The van der Waals surface area contributed by atoms with E-state index in [9.17, 15) is 10.5 Å². The van der Waals surface area contributed by atoms with Crippen molar-refractivity contribution < 1.29 is 15.2 Å². The molecule has 2 aromatic carbocycles. The van der Waals surface area contributed by atoms with Crippen molar-refractivity contribution in [2.75, 3.05) is 6.61 Å². The van der Waals surface area contributed by atoms with Gasteiger partial charge < -0.3 is 9.94 Å². The zero-order chi connectivity index (χ0) is 16.7. The van der Waals surface area contributed by atoms with Crippen LogP contribution < -0.4 is 5.23 Å². The number of hydrogen-bond donors (Lipinski definition) is 2. The Balaban J connectivity index is 1.97. The van der Waals surface area contributed by atoms with Gasteiger partial charge >= 0.3 is 0 Å². The van der Waals surface area contributed by atoms with E-state index in [0.717, 1.165) is 11.1 Å². The third kappa shape index (κ3) is 4.66. The summed E-state index contributed by atoms with van der Waals surface area (Å²) in [6.45, 7) is 2.20. The van der Waals surface area contributed by atoms with Crippen LogP contribution in [0.15, 0.2) is 60.4 Å². The summed E-state index contributed by atoms with van der Waals surface area (Å²) in [7, 11) is 0. The summed E-state index contributed by atoms with van der Waals surface area (Å²) in [6, 6.07) is 18.3. The van der Waals surface area contributed by atoms with Crippen molar-refractivity contribution in [2.24, 2.45) is 0 Å². The molecule has 118 valence electrons. The van der Waals surface area contributed by atoms with E-state index in [2.05, 4.69) is 6.07 Å². The van der Waals surface area contributed by atoms with Gasteiger partial charge in [-0.05, 0) is 18.1 Å². The Morgan fingerprint density at radius 2 is 1.83 bits per heavy atom. The van der Waals surface area contributed by atoms with Gasteiger partial charge in [-0.25, -0.2) is 5.21 Å². The second-order valence-electron chi connectivity index (χ2n) is 5.01. The van der Waals surface area contributed by atoms with Crippen LogP contribution in [0.3, 0.4) is 0 Å². The van der Waals surface area contributed by atoms with Crippen LogP contribution in [0.4, 0.5) is 5.69 Å². The molecule has 0 aliphatic rings. The van der Waals surface area contributed by atoms with Crippen LogP contribution in [0.25, 0.3) is 5.57 Å². The van der Waals surface area contributed by atoms with Crippen molar-refractivity contribution in [3.8, 4) is 6.07 Å². The summed E-state index contributed by atoms with van der Waals surface area (Å²) in [5.41, 5.74) is 2.60. The number of quaternary nitrogens is 1. The van der Waals surface area contributed by atoms with Crippen LogP contribution in [0, 0.1) is 16.5 Å². The van der Waals surface area contributed by atoms with Crippen molar-refractivity contribution in [2.45, 2.75) is 13.3 Å². The first kappa shape index (κ1) is 16.7. The van der Waals surface area contributed by atoms with Crippen molar-refractivity contribution in [3.63, 3.8) is 0 Å². The molecule has 23 heavy (non-hydrogen) atoms. The molecule has 0 radical (unpaired) electrons. The van der Waals surface area contributed by atoms with Crippen LogP contribution in [0.2, 0.25) is 0 Å². The Hall–Kier alpha value is -2.65. The predicted molar refractivity (Wildman–Crippen MR) is 86.5 cm³/mol. The van der Waals surface area contributed by atoms with Gasteiger partial charge in [0, 0.05) is 18.6 Å². The maximum absolute atomic E-state index is 10.8. The molecule has 0 bridgehead atoms. The van der Waals surface area contributed by atoms with Gasteiger partial charge in [0.2, 0.25) is 0 Å². The molecule has 2 N–H and O–H groups in total. The number of ether oxygens (including phenoxy) is 1. The molecule has 0 aliphatic carbocycles. The van der Waals surface area contributed by atoms with Gasteiger partial charge in [-0.2, -0.15) is 10.5 Å². The Morgan fingerprint density at radius 1 is 1.17 bits per heavy atom. The molecule has 0 saturated carbocycles. The van der Waals surface area contributed by atoms with E-state index in [-0.39, 0.29) is 5.69 Å². The smallest absolute Gasteiger partial charge is 0.163 e. The second-order valence-corrected chi connectivity index (χ2v) is 5.01. The number of benzene rings is 2. The number of nitriles is 1. The van der Waals surface area contributed by atoms with Crippen molar-refractivity contribution in [1.82, 2.24) is 0 Å². The third-order valence-electron chi connectivity index (χ3n) is 3.44. The number of nitrogens with one attached hydrogen (secondary N) is 1. The highest BCUT2D eigenvalue weighted by atomic mass is 16.8. The Morgan fingerprint density at radius 3 is 2.39 bits per heavy atom. The largest absolute Gasteiger partial charge is 0.595 e. The monoisotopic (exact) mass is 310 g/mol.